The monoisotopic (exact) mass is 260 g/mol. The van der Waals surface area contributed by atoms with E-state index in [1.54, 1.807) is 0 Å². The number of carbonyl (C=O) groups is 2. The molecule has 2 rings (SSSR count). The van der Waals surface area contributed by atoms with Crippen LogP contribution in [0.2, 0.25) is 0 Å². The molecule has 0 unspecified atom stereocenters. The van der Waals surface area contributed by atoms with E-state index in [2.05, 4.69) is 5.32 Å². The molecule has 3 N–H and O–H groups in total. The van der Waals surface area contributed by atoms with Crippen LogP contribution in [0.4, 0.5) is 0 Å². The maximum Gasteiger partial charge on any atom is 0.220 e. The van der Waals surface area contributed by atoms with Gasteiger partial charge < -0.3 is 11.1 Å². The fraction of sp³-hybridized carbons (Fsp3) is 0.467. The first kappa shape index (κ1) is 13.7. The first-order valence-corrected chi connectivity index (χ1v) is 6.82. The number of carbonyl (C=O) groups excluding carboxylic acids is 2. The summed E-state index contributed by atoms with van der Waals surface area (Å²) < 4.78 is 0. The molecule has 0 saturated carbocycles. The molecule has 1 amide bonds. The number of hydrogen-bond donors (Lipinski definition) is 2. The van der Waals surface area contributed by atoms with Gasteiger partial charge in [-0.05, 0) is 36.5 Å². The Kier molecular flexibility index (Phi) is 4.68. The third-order valence-corrected chi connectivity index (χ3v) is 3.47. The highest BCUT2D eigenvalue weighted by atomic mass is 16.2. The Hall–Kier alpha value is -1.68. The number of nitrogens with two attached hydrogens (primary N) is 1. The van der Waals surface area contributed by atoms with Crippen molar-refractivity contribution in [3.8, 4) is 0 Å². The van der Waals surface area contributed by atoms with Crippen LogP contribution in [-0.2, 0) is 17.6 Å². The predicted octanol–water partition coefficient (Wildman–Crippen LogP) is 1.21. The molecule has 0 saturated heterocycles. The number of amides is 1. The zero-order valence-electron chi connectivity index (χ0n) is 11.1. The van der Waals surface area contributed by atoms with Gasteiger partial charge in [0.1, 0.15) is 0 Å². The summed E-state index contributed by atoms with van der Waals surface area (Å²) in [6.45, 7) is 0.885. The zero-order valence-corrected chi connectivity index (χ0v) is 11.1. The third kappa shape index (κ3) is 3.64. The molecule has 102 valence electrons. The van der Waals surface area contributed by atoms with Crippen molar-refractivity contribution in [3.05, 3.63) is 34.9 Å². The lowest BCUT2D eigenvalue weighted by Crippen LogP contribution is -2.29. The molecule has 1 aliphatic rings. The number of nitrogens with one attached hydrogen (secondary N) is 1. The van der Waals surface area contributed by atoms with Crippen LogP contribution in [0, 0.1) is 0 Å². The standard InChI is InChI=1S/C15H20N2O2/c16-8-9-17-15(19)7-6-14(18)13-5-4-11-2-1-3-12(11)10-13/h4-5,10H,1-3,6-9,16H2,(H,17,19). The van der Waals surface area contributed by atoms with Crippen molar-refractivity contribution in [3.63, 3.8) is 0 Å². The molecule has 0 bridgehead atoms. The van der Waals surface area contributed by atoms with Crippen LogP contribution in [0.1, 0.15) is 40.7 Å². The van der Waals surface area contributed by atoms with E-state index in [0.29, 0.717) is 13.1 Å². The highest BCUT2D eigenvalue weighted by molar-refractivity contribution is 5.98. The molecule has 0 atom stereocenters. The fourth-order valence-corrected chi connectivity index (χ4v) is 2.42. The molecule has 0 aromatic heterocycles. The van der Waals surface area contributed by atoms with Crippen LogP contribution in [0.3, 0.4) is 0 Å². The van der Waals surface area contributed by atoms with Crippen LogP contribution in [0.15, 0.2) is 18.2 Å². The van der Waals surface area contributed by atoms with Crippen molar-refractivity contribution in [1.82, 2.24) is 5.32 Å². The predicted molar refractivity (Wildman–Crippen MR) is 74.1 cm³/mol. The van der Waals surface area contributed by atoms with Gasteiger partial charge in [-0.2, -0.15) is 0 Å². The second-order valence-electron chi connectivity index (χ2n) is 4.90. The molecule has 19 heavy (non-hydrogen) atoms. The maximum atomic E-state index is 12.0. The molecule has 0 spiro atoms. The summed E-state index contributed by atoms with van der Waals surface area (Å²) in [6, 6.07) is 5.91. The van der Waals surface area contributed by atoms with Gasteiger partial charge in [0.05, 0.1) is 0 Å². The van der Waals surface area contributed by atoms with Gasteiger partial charge in [-0.15, -0.1) is 0 Å². The van der Waals surface area contributed by atoms with E-state index in [9.17, 15) is 9.59 Å². The summed E-state index contributed by atoms with van der Waals surface area (Å²) >= 11 is 0. The average Bonchev–Trinajstić information content (AvgIpc) is 2.89. The summed E-state index contributed by atoms with van der Waals surface area (Å²) in [7, 11) is 0. The van der Waals surface area contributed by atoms with Gasteiger partial charge in [-0.1, -0.05) is 12.1 Å². The number of benzene rings is 1. The van der Waals surface area contributed by atoms with Gasteiger partial charge in [-0.25, -0.2) is 0 Å². The van der Waals surface area contributed by atoms with Gasteiger partial charge in [0.2, 0.25) is 5.91 Å². The second-order valence-corrected chi connectivity index (χ2v) is 4.90. The van der Waals surface area contributed by atoms with Crippen molar-refractivity contribution >= 4 is 11.7 Å². The fourth-order valence-electron chi connectivity index (χ4n) is 2.42. The number of aryl methyl sites for hydroxylation is 2. The Morgan fingerprint density at radius 3 is 2.74 bits per heavy atom. The van der Waals surface area contributed by atoms with E-state index in [1.807, 2.05) is 18.2 Å². The summed E-state index contributed by atoms with van der Waals surface area (Å²) in [5, 5.41) is 2.66. The average molecular weight is 260 g/mol. The molecule has 0 aliphatic heterocycles. The summed E-state index contributed by atoms with van der Waals surface area (Å²) in [6.07, 6.45) is 3.85. The quantitative estimate of drug-likeness (QED) is 0.755. The lowest BCUT2D eigenvalue weighted by Gasteiger charge is -2.05. The summed E-state index contributed by atoms with van der Waals surface area (Å²) in [4.78, 5) is 23.4. The van der Waals surface area contributed by atoms with E-state index >= 15 is 0 Å². The Balaban J connectivity index is 1.88. The van der Waals surface area contributed by atoms with Crippen molar-refractivity contribution in [1.29, 1.82) is 0 Å². The van der Waals surface area contributed by atoms with Gasteiger partial charge in [0, 0.05) is 31.5 Å². The van der Waals surface area contributed by atoms with Crippen LogP contribution < -0.4 is 11.1 Å². The van der Waals surface area contributed by atoms with E-state index < -0.39 is 0 Å². The lowest BCUT2D eigenvalue weighted by molar-refractivity contribution is -0.121. The minimum atomic E-state index is -0.111. The van der Waals surface area contributed by atoms with Crippen molar-refractivity contribution in [2.24, 2.45) is 5.73 Å². The highest BCUT2D eigenvalue weighted by Gasteiger charge is 2.14. The van der Waals surface area contributed by atoms with Crippen LogP contribution in [0.5, 0.6) is 0 Å². The largest absolute Gasteiger partial charge is 0.355 e. The van der Waals surface area contributed by atoms with Gasteiger partial charge in [-0.3, -0.25) is 9.59 Å². The molecule has 4 heteroatoms. The molecule has 0 fully saturated rings. The van der Waals surface area contributed by atoms with Crippen LogP contribution in [0.25, 0.3) is 0 Å². The molecule has 1 aliphatic carbocycles. The highest BCUT2D eigenvalue weighted by Crippen LogP contribution is 2.23. The first-order chi connectivity index (χ1) is 9.20. The van der Waals surface area contributed by atoms with E-state index in [4.69, 9.17) is 5.73 Å². The van der Waals surface area contributed by atoms with E-state index in [-0.39, 0.29) is 24.5 Å². The van der Waals surface area contributed by atoms with E-state index in [0.717, 1.165) is 18.4 Å². The van der Waals surface area contributed by atoms with Gasteiger partial charge in [0.25, 0.3) is 0 Å². The van der Waals surface area contributed by atoms with E-state index in [1.165, 1.54) is 17.5 Å². The minimum Gasteiger partial charge on any atom is -0.355 e. The second kappa shape index (κ2) is 6.48. The van der Waals surface area contributed by atoms with Crippen molar-refractivity contribution in [2.45, 2.75) is 32.1 Å². The van der Waals surface area contributed by atoms with Gasteiger partial charge in [0.15, 0.2) is 5.78 Å². The number of fused-ring (bicyclic) bond motifs is 1. The number of hydrogen-bond acceptors (Lipinski definition) is 3. The molecule has 4 nitrogen and oxygen atoms in total. The lowest BCUT2D eigenvalue weighted by atomic mass is 10.0. The smallest absolute Gasteiger partial charge is 0.220 e. The first-order valence-electron chi connectivity index (χ1n) is 6.82. The molecule has 1 aromatic carbocycles. The van der Waals surface area contributed by atoms with Gasteiger partial charge >= 0.3 is 0 Å². The number of ketones is 1. The number of Topliss-reactive ketones (excluding diaryl/α,β-unsaturated/α-hetero) is 1. The Labute approximate surface area is 113 Å². The van der Waals surface area contributed by atoms with Crippen LogP contribution in [-0.4, -0.2) is 24.8 Å². The normalized spacial score (nSPS) is 13.1. The number of rotatable bonds is 6. The molecule has 1 aromatic rings. The van der Waals surface area contributed by atoms with Crippen molar-refractivity contribution < 1.29 is 9.59 Å². The Bertz CT molecular complexity index is 483. The molecular formula is C15H20N2O2. The molecule has 0 heterocycles. The summed E-state index contributed by atoms with van der Waals surface area (Å²) in [5.41, 5.74) is 8.67. The topological polar surface area (TPSA) is 72.2 Å². The SMILES string of the molecule is NCCNC(=O)CCC(=O)c1ccc2c(c1)CCC2. The third-order valence-electron chi connectivity index (χ3n) is 3.47. The molecule has 0 radical (unpaired) electrons. The maximum absolute atomic E-state index is 12.0. The summed E-state index contributed by atoms with van der Waals surface area (Å²) in [5.74, 6) is -0.0717. The van der Waals surface area contributed by atoms with Crippen molar-refractivity contribution in [2.75, 3.05) is 13.1 Å². The molecular weight excluding hydrogens is 240 g/mol. The Morgan fingerprint density at radius 1 is 1.16 bits per heavy atom. The minimum absolute atomic E-state index is 0.0394. The zero-order chi connectivity index (χ0) is 13.7. The van der Waals surface area contributed by atoms with Crippen LogP contribution >= 0.6 is 0 Å². The Morgan fingerprint density at radius 2 is 1.95 bits per heavy atom.